The molecule has 0 saturated carbocycles. The molecule has 6 nitrogen and oxygen atoms in total. The van der Waals surface area contributed by atoms with Crippen LogP contribution < -0.4 is 14.8 Å². The van der Waals surface area contributed by atoms with E-state index >= 15 is 0 Å². The molecule has 0 aliphatic carbocycles. The van der Waals surface area contributed by atoms with Gasteiger partial charge in [-0.15, -0.1) is 0 Å². The fourth-order valence-corrected chi connectivity index (χ4v) is 3.20. The summed E-state index contributed by atoms with van der Waals surface area (Å²) in [6, 6.07) is 4.38. The molecule has 1 heterocycles. The maximum absolute atomic E-state index is 13.0. The number of carbonyl (C=O) groups is 1. The highest BCUT2D eigenvalue weighted by molar-refractivity contribution is 9.10. The van der Waals surface area contributed by atoms with Gasteiger partial charge in [0.1, 0.15) is 6.04 Å². The highest BCUT2D eigenvalue weighted by atomic mass is 79.9. The third kappa shape index (κ3) is 5.43. The number of halogens is 4. The molecule has 1 aromatic carbocycles. The molecule has 29 heavy (non-hydrogen) atoms. The molecule has 0 aliphatic heterocycles. The predicted molar refractivity (Wildman–Crippen MR) is 105 cm³/mol. The molecule has 2 rings (SSSR count). The van der Waals surface area contributed by atoms with E-state index in [1.54, 1.807) is 18.2 Å². The van der Waals surface area contributed by atoms with Gasteiger partial charge < -0.3 is 14.8 Å². The first-order chi connectivity index (χ1) is 13.6. The zero-order valence-electron chi connectivity index (χ0n) is 16.6. The Kier molecular flexibility index (Phi) is 7.56. The maximum Gasteiger partial charge on any atom is 0.436 e. The Balaban J connectivity index is 2.12. The van der Waals surface area contributed by atoms with Gasteiger partial charge in [0, 0.05) is 6.54 Å². The second kappa shape index (κ2) is 9.51. The third-order valence-corrected chi connectivity index (χ3v) is 5.12. The molecule has 1 atom stereocenters. The van der Waals surface area contributed by atoms with E-state index in [0.29, 0.717) is 24.7 Å². The number of aromatic nitrogens is 2. The summed E-state index contributed by atoms with van der Waals surface area (Å²) < 4.78 is 51.1. The van der Waals surface area contributed by atoms with Crippen LogP contribution in [0.4, 0.5) is 13.2 Å². The van der Waals surface area contributed by atoms with Gasteiger partial charge >= 0.3 is 6.18 Å². The lowest BCUT2D eigenvalue weighted by atomic mass is 10.2. The molecule has 0 bridgehead atoms. The van der Waals surface area contributed by atoms with E-state index in [1.165, 1.54) is 13.8 Å². The van der Waals surface area contributed by atoms with E-state index in [4.69, 9.17) is 9.47 Å². The van der Waals surface area contributed by atoms with Gasteiger partial charge in [-0.05, 0) is 61.3 Å². The lowest BCUT2D eigenvalue weighted by Crippen LogP contribution is -2.31. The van der Waals surface area contributed by atoms with Crippen molar-refractivity contribution in [1.29, 1.82) is 0 Å². The van der Waals surface area contributed by atoms with Gasteiger partial charge in [-0.2, -0.15) is 18.3 Å². The molecule has 1 amide bonds. The molecule has 0 spiro atoms. The number of nitrogens with one attached hydrogen (secondary N) is 1. The molecule has 10 heteroatoms. The number of carbonyl (C=O) groups excluding carboxylic acids is 1. The molecule has 0 saturated heterocycles. The fourth-order valence-electron chi connectivity index (χ4n) is 2.71. The van der Waals surface area contributed by atoms with E-state index < -0.39 is 23.8 Å². The third-order valence-electron chi connectivity index (χ3n) is 4.17. The van der Waals surface area contributed by atoms with E-state index in [-0.39, 0.29) is 16.7 Å². The Morgan fingerprint density at radius 3 is 2.41 bits per heavy atom. The minimum absolute atomic E-state index is 0.169. The average Bonchev–Trinajstić information content (AvgIpc) is 2.96. The standard InChI is InChI=1S/C19H23BrF3N3O3/c1-5-28-14-8-7-13(9-15(14)29-6-2)10-24-18(27)12(4)26-11(3)16(20)17(25-26)19(21,22)23/h7-9,12H,5-6,10H2,1-4H3,(H,24,27). The minimum Gasteiger partial charge on any atom is -0.490 e. The van der Waals surface area contributed by atoms with Gasteiger partial charge in [-0.25, -0.2) is 0 Å². The highest BCUT2D eigenvalue weighted by Gasteiger charge is 2.38. The molecule has 0 radical (unpaired) electrons. The molecule has 0 fully saturated rings. The SMILES string of the molecule is CCOc1ccc(CNC(=O)C(C)n2nc(C(F)(F)F)c(Br)c2C)cc1OCC. The number of hydrogen-bond donors (Lipinski definition) is 1. The first-order valence-corrected chi connectivity index (χ1v) is 9.87. The van der Waals surface area contributed by atoms with Gasteiger partial charge in [0.25, 0.3) is 0 Å². The van der Waals surface area contributed by atoms with E-state index in [2.05, 4.69) is 26.3 Å². The van der Waals surface area contributed by atoms with Crippen LogP contribution in [0.15, 0.2) is 22.7 Å². The summed E-state index contributed by atoms with van der Waals surface area (Å²) in [5.41, 5.74) is -0.0611. The second-order valence-corrected chi connectivity index (χ2v) is 7.02. The summed E-state index contributed by atoms with van der Waals surface area (Å²) in [7, 11) is 0. The summed E-state index contributed by atoms with van der Waals surface area (Å²) in [5.74, 6) is 0.717. The molecule has 1 N–H and O–H groups in total. The first kappa shape index (κ1) is 23.1. The van der Waals surface area contributed by atoms with Crippen molar-refractivity contribution >= 4 is 21.8 Å². The van der Waals surface area contributed by atoms with Crippen LogP contribution in [0, 0.1) is 6.92 Å². The number of rotatable bonds is 8. The fraction of sp³-hybridized carbons (Fsp3) is 0.474. The molecular formula is C19H23BrF3N3O3. The van der Waals surface area contributed by atoms with Crippen molar-refractivity contribution in [3.05, 3.63) is 39.6 Å². The van der Waals surface area contributed by atoms with Crippen LogP contribution in [0.5, 0.6) is 11.5 Å². The Morgan fingerprint density at radius 2 is 1.86 bits per heavy atom. The lowest BCUT2D eigenvalue weighted by Gasteiger charge is -2.16. The summed E-state index contributed by atoms with van der Waals surface area (Å²) in [6.07, 6.45) is -4.61. The van der Waals surface area contributed by atoms with Gasteiger partial charge in [0.15, 0.2) is 17.2 Å². The topological polar surface area (TPSA) is 65.4 Å². The number of amides is 1. The normalized spacial score (nSPS) is 12.6. The molecule has 0 aliphatic rings. The van der Waals surface area contributed by atoms with Crippen molar-refractivity contribution < 1.29 is 27.4 Å². The van der Waals surface area contributed by atoms with Crippen LogP contribution in [0.2, 0.25) is 0 Å². The Morgan fingerprint density at radius 1 is 1.24 bits per heavy atom. The maximum atomic E-state index is 13.0. The average molecular weight is 478 g/mol. The van der Waals surface area contributed by atoms with Gasteiger partial charge in [0.05, 0.1) is 23.4 Å². The van der Waals surface area contributed by atoms with Crippen molar-refractivity contribution in [2.75, 3.05) is 13.2 Å². The highest BCUT2D eigenvalue weighted by Crippen LogP contribution is 2.36. The summed E-state index contributed by atoms with van der Waals surface area (Å²) in [6.45, 7) is 7.82. The molecule has 2 aromatic rings. The van der Waals surface area contributed by atoms with Crippen molar-refractivity contribution in [2.24, 2.45) is 0 Å². The second-order valence-electron chi connectivity index (χ2n) is 6.23. The molecule has 1 unspecified atom stereocenters. The molecular weight excluding hydrogens is 455 g/mol. The van der Waals surface area contributed by atoms with E-state index in [1.807, 2.05) is 13.8 Å². The quantitative estimate of drug-likeness (QED) is 0.600. The van der Waals surface area contributed by atoms with Crippen LogP contribution in [-0.4, -0.2) is 28.9 Å². The zero-order chi connectivity index (χ0) is 21.8. The Hall–Kier alpha value is -2.23. The van der Waals surface area contributed by atoms with Gasteiger partial charge in [-0.1, -0.05) is 6.07 Å². The summed E-state index contributed by atoms with van der Waals surface area (Å²) in [4.78, 5) is 12.5. The van der Waals surface area contributed by atoms with Crippen LogP contribution in [0.1, 0.15) is 43.8 Å². The molecule has 160 valence electrons. The number of alkyl halides is 3. The predicted octanol–water partition coefficient (Wildman–Crippen LogP) is 4.65. The van der Waals surface area contributed by atoms with Crippen molar-refractivity contribution in [3.63, 3.8) is 0 Å². The minimum atomic E-state index is -4.61. The monoisotopic (exact) mass is 477 g/mol. The number of hydrogen-bond acceptors (Lipinski definition) is 4. The number of nitrogens with zero attached hydrogens (tertiary/aromatic N) is 2. The van der Waals surface area contributed by atoms with Crippen molar-refractivity contribution in [2.45, 2.75) is 46.5 Å². The van der Waals surface area contributed by atoms with E-state index in [9.17, 15) is 18.0 Å². The van der Waals surface area contributed by atoms with Crippen molar-refractivity contribution in [1.82, 2.24) is 15.1 Å². The first-order valence-electron chi connectivity index (χ1n) is 9.08. The van der Waals surface area contributed by atoms with Crippen LogP contribution in [0.3, 0.4) is 0 Å². The van der Waals surface area contributed by atoms with Crippen LogP contribution in [0.25, 0.3) is 0 Å². The molecule has 1 aromatic heterocycles. The smallest absolute Gasteiger partial charge is 0.436 e. The van der Waals surface area contributed by atoms with Gasteiger partial charge in [-0.3, -0.25) is 9.48 Å². The Labute approximate surface area is 175 Å². The summed E-state index contributed by atoms with van der Waals surface area (Å²) in [5, 5.41) is 6.29. The number of ether oxygens (including phenoxy) is 2. The number of benzene rings is 1. The van der Waals surface area contributed by atoms with Crippen LogP contribution in [-0.2, 0) is 17.5 Å². The van der Waals surface area contributed by atoms with Crippen molar-refractivity contribution in [3.8, 4) is 11.5 Å². The summed E-state index contributed by atoms with van der Waals surface area (Å²) >= 11 is 2.91. The Bertz CT molecular complexity index is 868. The zero-order valence-corrected chi connectivity index (χ0v) is 18.1. The van der Waals surface area contributed by atoms with Gasteiger partial charge in [0.2, 0.25) is 5.91 Å². The van der Waals surface area contributed by atoms with Crippen LogP contribution >= 0.6 is 15.9 Å². The van der Waals surface area contributed by atoms with E-state index in [0.717, 1.165) is 10.2 Å². The lowest BCUT2D eigenvalue weighted by molar-refractivity contribution is -0.142. The largest absolute Gasteiger partial charge is 0.490 e.